The Morgan fingerprint density at radius 3 is 2.22 bits per heavy atom. The largest absolute Gasteiger partial charge is 0.240 e. The van der Waals surface area contributed by atoms with Crippen LogP contribution in [0.3, 0.4) is 0 Å². The summed E-state index contributed by atoms with van der Waals surface area (Å²) in [4.78, 5) is 0.352. The lowest BCUT2D eigenvalue weighted by Crippen LogP contribution is -2.32. The Morgan fingerprint density at radius 1 is 1.11 bits per heavy atom. The molecule has 3 nitrogen and oxygen atoms in total. The Balaban J connectivity index is 2.78. The second-order valence-electron chi connectivity index (χ2n) is 4.70. The van der Waals surface area contributed by atoms with Crippen LogP contribution in [0.15, 0.2) is 29.2 Å². The molecule has 0 spiro atoms. The highest BCUT2D eigenvalue weighted by Gasteiger charge is 2.16. The van der Waals surface area contributed by atoms with Crippen molar-refractivity contribution in [3.8, 4) is 0 Å². The minimum atomic E-state index is -3.36. The molecular formula is C14H23NO2S. The van der Waals surface area contributed by atoms with Crippen molar-refractivity contribution >= 4 is 10.0 Å². The van der Waals surface area contributed by atoms with Crippen LogP contribution in [-0.4, -0.2) is 14.5 Å². The van der Waals surface area contributed by atoms with Crippen LogP contribution in [0.25, 0.3) is 0 Å². The maximum Gasteiger partial charge on any atom is 0.240 e. The van der Waals surface area contributed by atoms with E-state index < -0.39 is 10.0 Å². The number of rotatable bonds is 7. The lowest BCUT2D eigenvalue weighted by molar-refractivity contribution is 0.544. The summed E-state index contributed by atoms with van der Waals surface area (Å²) in [6, 6.07) is 7.14. The fourth-order valence-electron chi connectivity index (χ4n) is 1.95. The third kappa shape index (κ3) is 4.42. The maximum absolute atomic E-state index is 12.1. The van der Waals surface area contributed by atoms with Crippen molar-refractivity contribution < 1.29 is 8.42 Å². The number of benzene rings is 1. The summed E-state index contributed by atoms with van der Waals surface area (Å²) in [7, 11) is -3.36. The zero-order chi connectivity index (χ0) is 13.6. The molecule has 1 aromatic rings. The van der Waals surface area contributed by atoms with Gasteiger partial charge in [-0.05, 0) is 37.5 Å². The highest BCUT2D eigenvalue weighted by molar-refractivity contribution is 7.89. The number of hydrogen-bond donors (Lipinski definition) is 1. The molecule has 1 N–H and O–H groups in total. The van der Waals surface area contributed by atoms with E-state index in [0.29, 0.717) is 4.90 Å². The standard InChI is InChI=1S/C14H23NO2S/c1-4-6-12(3)15-18(16,17)14-10-8-13(7-5-2)9-11-14/h8-12,15H,4-7H2,1-3H3. The Labute approximate surface area is 111 Å². The Bertz CT molecular complexity index is 451. The molecule has 0 saturated carbocycles. The zero-order valence-electron chi connectivity index (χ0n) is 11.4. The highest BCUT2D eigenvalue weighted by Crippen LogP contribution is 2.13. The van der Waals surface area contributed by atoms with Crippen LogP contribution in [0, 0.1) is 0 Å². The lowest BCUT2D eigenvalue weighted by atomic mass is 10.1. The van der Waals surface area contributed by atoms with Crippen molar-refractivity contribution in [1.82, 2.24) is 4.72 Å². The van der Waals surface area contributed by atoms with Gasteiger partial charge in [0.1, 0.15) is 0 Å². The predicted molar refractivity (Wildman–Crippen MR) is 75.1 cm³/mol. The van der Waals surface area contributed by atoms with Crippen LogP contribution in [0.2, 0.25) is 0 Å². The van der Waals surface area contributed by atoms with E-state index in [1.807, 2.05) is 26.0 Å². The fourth-order valence-corrected chi connectivity index (χ4v) is 3.23. The Kier molecular flexibility index (Phi) is 5.82. The first-order valence-corrected chi connectivity index (χ1v) is 8.09. The molecule has 1 unspecified atom stereocenters. The van der Waals surface area contributed by atoms with Crippen molar-refractivity contribution in [2.45, 2.75) is 57.4 Å². The van der Waals surface area contributed by atoms with Gasteiger partial charge in [0, 0.05) is 6.04 Å². The molecule has 0 amide bonds. The summed E-state index contributed by atoms with van der Waals surface area (Å²) in [5.41, 5.74) is 1.18. The van der Waals surface area contributed by atoms with Gasteiger partial charge in [0.25, 0.3) is 0 Å². The van der Waals surface area contributed by atoms with Crippen LogP contribution < -0.4 is 4.72 Å². The monoisotopic (exact) mass is 269 g/mol. The molecule has 0 saturated heterocycles. The van der Waals surface area contributed by atoms with Gasteiger partial charge >= 0.3 is 0 Å². The number of sulfonamides is 1. The second kappa shape index (κ2) is 6.90. The van der Waals surface area contributed by atoms with E-state index in [-0.39, 0.29) is 6.04 Å². The Hall–Kier alpha value is -0.870. The van der Waals surface area contributed by atoms with E-state index in [2.05, 4.69) is 11.6 Å². The van der Waals surface area contributed by atoms with Gasteiger partial charge in [0.2, 0.25) is 10.0 Å². The topological polar surface area (TPSA) is 46.2 Å². The van der Waals surface area contributed by atoms with Gasteiger partial charge in [0.15, 0.2) is 0 Å². The van der Waals surface area contributed by atoms with Gasteiger partial charge in [-0.15, -0.1) is 0 Å². The molecule has 18 heavy (non-hydrogen) atoms. The van der Waals surface area contributed by atoms with Crippen molar-refractivity contribution in [1.29, 1.82) is 0 Å². The molecule has 0 aromatic heterocycles. The molecule has 1 rings (SSSR count). The van der Waals surface area contributed by atoms with E-state index in [0.717, 1.165) is 25.7 Å². The molecule has 0 fully saturated rings. The number of aryl methyl sites for hydroxylation is 1. The molecule has 0 radical (unpaired) electrons. The van der Waals surface area contributed by atoms with Crippen LogP contribution in [-0.2, 0) is 16.4 Å². The van der Waals surface area contributed by atoms with Gasteiger partial charge in [-0.3, -0.25) is 0 Å². The smallest absolute Gasteiger partial charge is 0.208 e. The summed E-state index contributed by atoms with van der Waals surface area (Å²) in [6.45, 7) is 6.05. The summed E-state index contributed by atoms with van der Waals surface area (Å²) in [5, 5.41) is 0. The molecule has 1 aromatic carbocycles. The maximum atomic E-state index is 12.1. The van der Waals surface area contributed by atoms with Crippen LogP contribution >= 0.6 is 0 Å². The highest BCUT2D eigenvalue weighted by atomic mass is 32.2. The fraction of sp³-hybridized carbons (Fsp3) is 0.571. The van der Waals surface area contributed by atoms with Crippen LogP contribution in [0.1, 0.15) is 45.6 Å². The van der Waals surface area contributed by atoms with Gasteiger partial charge in [-0.2, -0.15) is 0 Å². The third-order valence-electron chi connectivity index (χ3n) is 2.85. The summed E-state index contributed by atoms with van der Waals surface area (Å²) < 4.78 is 26.8. The molecule has 0 aliphatic heterocycles. The summed E-state index contributed by atoms with van der Waals surface area (Å²) in [6.07, 6.45) is 3.88. The van der Waals surface area contributed by atoms with Crippen LogP contribution in [0.5, 0.6) is 0 Å². The molecule has 4 heteroatoms. The molecule has 0 heterocycles. The first-order chi connectivity index (χ1) is 8.49. The van der Waals surface area contributed by atoms with E-state index in [4.69, 9.17) is 0 Å². The average Bonchev–Trinajstić information content (AvgIpc) is 2.29. The zero-order valence-corrected chi connectivity index (χ0v) is 12.3. The van der Waals surface area contributed by atoms with Gasteiger partial charge in [-0.25, -0.2) is 13.1 Å². The van der Waals surface area contributed by atoms with Gasteiger partial charge < -0.3 is 0 Å². The summed E-state index contributed by atoms with van der Waals surface area (Å²) >= 11 is 0. The minimum Gasteiger partial charge on any atom is -0.208 e. The van der Waals surface area contributed by atoms with Crippen LogP contribution in [0.4, 0.5) is 0 Å². The molecule has 0 bridgehead atoms. The van der Waals surface area contributed by atoms with Crippen molar-refractivity contribution in [3.63, 3.8) is 0 Å². The van der Waals surface area contributed by atoms with Gasteiger partial charge in [-0.1, -0.05) is 38.8 Å². The van der Waals surface area contributed by atoms with E-state index in [9.17, 15) is 8.42 Å². The van der Waals surface area contributed by atoms with E-state index >= 15 is 0 Å². The SMILES string of the molecule is CCCc1ccc(S(=O)(=O)NC(C)CCC)cc1. The lowest BCUT2D eigenvalue weighted by Gasteiger charge is -2.13. The Morgan fingerprint density at radius 2 is 1.72 bits per heavy atom. The number of nitrogens with one attached hydrogen (secondary N) is 1. The normalized spacial score (nSPS) is 13.5. The van der Waals surface area contributed by atoms with Gasteiger partial charge in [0.05, 0.1) is 4.90 Å². The molecule has 1 atom stereocenters. The molecule has 0 aliphatic carbocycles. The second-order valence-corrected chi connectivity index (χ2v) is 6.42. The van der Waals surface area contributed by atoms with Crippen molar-refractivity contribution in [3.05, 3.63) is 29.8 Å². The summed E-state index contributed by atoms with van der Waals surface area (Å²) in [5.74, 6) is 0. The van der Waals surface area contributed by atoms with E-state index in [1.54, 1.807) is 12.1 Å². The molecular weight excluding hydrogens is 246 g/mol. The average molecular weight is 269 g/mol. The quantitative estimate of drug-likeness (QED) is 0.826. The first kappa shape index (κ1) is 15.2. The first-order valence-electron chi connectivity index (χ1n) is 6.60. The minimum absolute atomic E-state index is 0.0182. The van der Waals surface area contributed by atoms with Crippen molar-refractivity contribution in [2.75, 3.05) is 0 Å². The molecule has 0 aliphatic rings. The number of hydrogen-bond acceptors (Lipinski definition) is 2. The molecule has 102 valence electrons. The third-order valence-corrected chi connectivity index (χ3v) is 4.46. The van der Waals surface area contributed by atoms with E-state index in [1.165, 1.54) is 5.56 Å². The van der Waals surface area contributed by atoms with Crippen molar-refractivity contribution in [2.24, 2.45) is 0 Å². The predicted octanol–water partition coefficient (Wildman–Crippen LogP) is 3.11.